The number of carbonyl (C=O) groups is 4. The first kappa shape index (κ1) is 31.9. The molecule has 1 aromatic rings. The molecule has 1 saturated heterocycles. The third kappa shape index (κ3) is 8.97. The van der Waals surface area contributed by atoms with Gasteiger partial charge in [0, 0.05) is 51.0 Å². The highest BCUT2D eigenvalue weighted by molar-refractivity contribution is 5.90. The molecule has 11 heteroatoms. The molecular weight excluding hydrogens is 540 g/mol. The third-order valence-corrected chi connectivity index (χ3v) is 8.85. The largest absolute Gasteiger partial charge is 0.481 e. The van der Waals surface area contributed by atoms with Crippen molar-refractivity contribution < 1.29 is 33.8 Å². The number of carboxylic acids is 1. The van der Waals surface area contributed by atoms with E-state index in [2.05, 4.69) is 15.6 Å². The number of rotatable bonds is 14. The van der Waals surface area contributed by atoms with Crippen LogP contribution in [0.3, 0.4) is 0 Å². The van der Waals surface area contributed by atoms with Crippen molar-refractivity contribution in [3.8, 4) is 0 Å². The van der Waals surface area contributed by atoms with Gasteiger partial charge in [0.25, 0.3) is 0 Å². The lowest BCUT2D eigenvalue weighted by molar-refractivity contribution is -0.143. The molecule has 2 heterocycles. The van der Waals surface area contributed by atoms with Gasteiger partial charge in [-0.25, -0.2) is 0 Å². The van der Waals surface area contributed by atoms with E-state index in [-0.39, 0.29) is 54.4 Å². The maximum absolute atomic E-state index is 13.0. The number of likely N-dealkylation sites (tertiary alicyclic amines) is 1. The van der Waals surface area contributed by atoms with Crippen LogP contribution in [0.2, 0.25) is 0 Å². The fourth-order valence-corrected chi connectivity index (χ4v) is 6.53. The number of amides is 3. The highest BCUT2D eigenvalue weighted by Gasteiger charge is 2.43. The number of carbonyl (C=O) groups excluding carboxylic acids is 3. The van der Waals surface area contributed by atoms with Crippen LogP contribution in [0.15, 0.2) is 24.5 Å². The molecule has 42 heavy (non-hydrogen) atoms. The van der Waals surface area contributed by atoms with Crippen LogP contribution >= 0.6 is 0 Å². The first-order valence-electron chi connectivity index (χ1n) is 15.6. The molecule has 0 spiro atoms. The minimum Gasteiger partial charge on any atom is -0.481 e. The summed E-state index contributed by atoms with van der Waals surface area (Å²) in [7, 11) is 0. The van der Waals surface area contributed by atoms with Crippen LogP contribution in [0.25, 0.3) is 0 Å². The normalized spacial score (nSPS) is 27.9. The van der Waals surface area contributed by atoms with E-state index in [9.17, 15) is 19.2 Å². The lowest BCUT2D eigenvalue weighted by Crippen LogP contribution is -2.38. The number of nitrogens with zero attached hydrogens (tertiary/aromatic N) is 2. The van der Waals surface area contributed by atoms with Crippen molar-refractivity contribution in [3.63, 3.8) is 0 Å². The summed E-state index contributed by atoms with van der Waals surface area (Å²) in [5, 5.41) is 15.1. The summed E-state index contributed by atoms with van der Waals surface area (Å²) in [4.78, 5) is 54.8. The molecule has 2 saturated carbocycles. The van der Waals surface area contributed by atoms with Crippen molar-refractivity contribution in [3.05, 3.63) is 30.1 Å². The van der Waals surface area contributed by atoms with Crippen LogP contribution < -0.4 is 10.6 Å². The van der Waals surface area contributed by atoms with Gasteiger partial charge in [-0.2, -0.15) is 0 Å². The van der Waals surface area contributed by atoms with E-state index in [4.69, 9.17) is 14.6 Å². The Balaban J connectivity index is 1.05. The van der Waals surface area contributed by atoms with Crippen LogP contribution in [-0.4, -0.2) is 83.2 Å². The molecule has 0 bridgehead atoms. The number of carboxylic acid groups (broad SMARTS) is 1. The predicted molar refractivity (Wildman–Crippen MR) is 154 cm³/mol. The first-order chi connectivity index (χ1) is 20.4. The summed E-state index contributed by atoms with van der Waals surface area (Å²) in [6, 6.07) is 3.53. The Morgan fingerprint density at radius 1 is 1.02 bits per heavy atom. The lowest BCUT2D eigenvalue weighted by Gasteiger charge is -2.29. The smallest absolute Gasteiger partial charge is 0.306 e. The number of aromatic nitrogens is 1. The molecule has 11 nitrogen and oxygen atoms in total. The zero-order valence-electron chi connectivity index (χ0n) is 24.7. The van der Waals surface area contributed by atoms with Gasteiger partial charge in [0.1, 0.15) is 0 Å². The molecule has 0 unspecified atom stereocenters. The van der Waals surface area contributed by atoms with Crippen molar-refractivity contribution in [2.75, 3.05) is 26.3 Å². The van der Waals surface area contributed by atoms with Gasteiger partial charge < -0.3 is 30.1 Å². The van der Waals surface area contributed by atoms with Crippen LogP contribution in [0, 0.1) is 11.8 Å². The number of hydrogen-bond donors (Lipinski definition) is 3. The number of nitrogens with one attached hydrogen (secondary N) is 2. The van der Waals surface area contributed by atoms with Gasteiger partial charge >= 0.3 is 5.97 Å². The molecule has 4 rings (SSSR count). The van der Waals surface area contributed by atoms with Crippen LogP contribution in [0.5, 0.6) is 0 Å². The second kappa shape index (κ2) is 16.0. The summed E-state index contributed by atoms with van der Waals surface area (Å²) in [6.45, 7) is 3.83. The molecule has 3 N–H and O–H groups in total. The van der Waals surface area contributed by atoms with Crippen molar-refractivity contribution >= 4 is 23.7 Å². The minimum absolute atomic E-state index is 0.0105. The fraction of sp³-hybridized carbons (Fsp3) is 0.710. The van der Waals surface area contributed by atoms with Crippen LogP contribution in [-0.2, 0) is 28.7 Å². The Morgan fingerprint density at radius 2 is 1.71 bits per heavy atom. The summed E-state index contributed by atoms with van der Waals surface area (Å²) in [5.41, 5.74) is 0.875. The quantitative estimate of drug-likeness (QED) is 0.282. The maximum atomic E-state index is 13.0. The molecule has 2 aliphatic carbocycles. The molecule has 3 aliphatic rings. The Morgan fingerprint density at radius 3 is 2.33 bits per heavy atom. The number of ether oxygens (including phenoxy) is 2. The van der Waals surface area contributed by atoms with E-state index in [1.807, 2.05) is 19.1 Å². The van der Waals surface area contributed by atoms with Crippen LogP contribution in [0.1, 0.15) is 89.2 Å². The van der Waals surface area contributed by atoms with Gasteiger partial charge in [-0.15, -0.1) is 0 Å². The van der Waals surface area contributed by atoms with Crippen LogP contribution in [0.4, 0.5) is 0 Å². The average molecular weight is 587 g/mol. The highest BCUT2D eigenvalue weighted by atomic mass is 16.5. The highest BCUT2D eigenvalue weighted by Crippen LogP contribution is 2.37. The van der Waals surface area contributed by atoms with Crippen molar-refractivity contribution in [2.24, 2.45) is 11.8 Å². The van der Waals surface area contributed by atoms with Gasteiger partial charge in [0.05, 0.1) is 36.7 Å². The molecule has 0 radical (unpaired) electrons. The van der Waals surface area contributed by atoms with E-state index in [0.29, 0.717) is 52.0 Å². The summed E-state index contributed by atoms with van der Waals surface area (Å²) >= 11 is 0. The van der Waals surface area contributed by atoms with Gasteiger partial charge in [-0.1, -0.05) is 6.07 Å². The summed E-state index contributed by atoms with van der Waals surface area (Å²) in [6.07, 6.45) is 11.3. The molecule has 1 aliphatic heterocycles. The minimum atomic E-state index is -0.736. The zero-order valence-corrected chi connectivity index (χ0v) is 24.7. The molecular formula is C31H46N4O7. The van der Waals surface area contributed by atoms with E-state index in [0.717, 1.165) is 44.1 Å². The Bertz CT molecular complexity index is 1040. The van der Waals surface area contributed by atoms with Gasteiger partial charge in [-0.05, 0) is 76.3 Å². The monoisotopic (exact) mass is 586 g/mol. The maximum Gasteiger partial charge on any atom is 0.306 e. The Hall–Kier alpha value is -3.05. The predicted octanol–water partition coefficient (Wildman–Crippen LogP) is 2.99. The van der Waals surface area contributed by atoms with E-state index < -0.39 is 11.9 Å². The topological polar surface area (TPSA) is 147 Å². The molecule has 2 atom stereocenters. The first-order valence-corrected chi connectivity index (χ1v) is 15.6. The third-order valence-electron chi connectivity index (χ3n) is 8.85. The molecule has 3 fully saturated rings. The lowest BCUT2D eigenvalue weighted by atomic mass is 9.86. The molecule has 3 amide bonds. The zero-order chi connectivity index (χ0) is 29.9. The van der Waals surface area contributed by atoms with Crippen molar-refractivity contribution in [1.82, 2.24) is 20.5 Å². The van der Waals surface area contributed by atoms with E-state index >= 15 is 0 Å². The fourth-order valence-electron chi connectivity index (χ4n) is 6.53. The van der Waals surface area contributed by atoms with Crippen molar-refractivity contribution in [1.29, 1.82) is 0 Å². The summed E-state index contributed by atoms with van der Waals surface area (Å²) in [5.74, 6) is -1.59. The van der Waals surface area contributed by atoms with Gasteiger partial charge in [-0.3, -0.25) is 24.2 Å². The second-order valence-electron chi connectivity index (χ2n) is 11.7. The molecule has 232 valence electrons. The molecule has 1 aromatic heterocycles. The molecule has 0 aromatic carbocycles. The summed E-state index contributed by atoms with van der Waals surface area (Å²) < 4.78 is 12.0. The Labute approximate surface area is 248 Å². The van der Waals surface area contributed by atoms with Gasteiger partial charge in [0.15, 0.2) is 0 Å². The Kier molecular flexibility index (Phi) is 12.1. The second-order valence-corrected chi connectivity index (χ2v) is 11.7. The number of pyridine rings is 1. The SMILES string of the molecule is CCN1C(=O)C[C@H](C(=O)NCCOC2CCC(OCCCC(=O)NC3CCC(C(=O)O)CC3)CC2)[C@H]1c1cccnc1. The van der Waals surface area contributed by atoms with E-state index in [1.54, 1.807) is 17.3 Å². The standard InChI is InChI=1S/C31H46N4O7/c1-2-35-28(37)19-26(29(35)22-5-3-15-32-20-22)30(38)33-16-18-42-25-13-11-24(12-14-25)41-17-4-6-27(36)34-23-9-7-21(8-10-23)31(39)40/h3,5,15,20-21,23-26,29H,2,4,6-14,16-19H2,1H3,(H,33,38)(H,34,36)(H,39,40)/t21?,23?,24?,25?,26-,29+/m0/s1. The van der Waals surface area contributed by atoms with Crippen molar-refractivity contribution in [2.45, 2.75) is 102 Å². The average Bonchev–Trinajstić information content (AvgIpc) is 3.35. The number of hydrogen-bond acceptors (Lipinski definition) is 7. The van der Waals surface area contributed by atoms with E-state index in [1.165, 1.54) is 0 Å². The van der Waals surface area contributed by atoms with Gasteiger partial charge in [0.2, 0.25) is 17.7 Å². The number of aliphatic carboxylic acids is 1.